The highest BCUT2D eigenvalue weighted by molar-refractivity contribution is 9.09. The molecule has 0 bridgehead atoms. The minimum absolute atomic E-state index is 0.224. The van der Waals surface area contributed by atoms with Crippen molar-refractivity contribution in [2.45, 2.75) is 6.43 Å². The molecular formula is C8H9BrF2N2OS. The third-order valence-corrected chi connectivity index (χ3v) is 2.59. The minimum atomic E-state index is -2.52. The Morgan fingerprint density at radius 2 is 2.40 bits per heavy atom. The van der Waals surface area contributed by atoms with Gasteiger partial charge in [-0.3, -0.25) is 4.79 Å². The number of thiazole rings is 1. The van der Waals surface area contributed by atoms with Crippen molar-refractivity contribution in [3.05, 3.63) is 16.6 Å². The lowest BCUT2D eigenvalue weighted by atomic mass is 10.4. The summed E-state index contributed by atoms with van der Waals surface area (Å²) in [6, 6.07) is 0. The van der Waals surface area contributed by atoms with E-state index in [4.69, 9.17) is 0 Å². The van der Waals surface area contributed by atoms with Crippen molar-refractivity contribution in [1.29, 1.82) is 0 Å². The highest BCUT2D eigenvalue weighted by Crippen LogP contribution is 2.08. The van der Waals surface area contributed by atoms with Crippen LogP contribution in [-0.4, -0.2) is 40.6 Å². The predicted molar refractivity (Wildman–Crippen MR) is 57.8 cm³/mol. The van der Waals surface area contributed by atoms with Gasteiger partial charge in [-0.15, -0.1) is 11.3 Å². The number of rotatable bonds is 5. The van der Waals surface area contributed by atoms with Crippen LogP contribution in [0.2, 0.25) is 0 Å². The molecule has 1 rings (SSSR count). The van der Waals surface area contributed by atoms with Gasteiger partial charge in [0.05, 0.1) is 12.1 Å². The Morgan fingerprint density at radius 1 is 1.67 bits per heavy atom. The molecule has 3 nitrogen and oxygen atoms in total. The number of amides is 1. The monoisotopic (exact) mass is 298 g/mol. The molecule has 0 unspecified atom stereocenters. The molecule has 1 aromatic rings. The number of aromatic nitrogens is 1. The summed E-state index contributed by atoms with van der Waals surface area (Å²) in [6.07, 6.45) is -2.52. The maximum absolute atomic E-state index is 12.2. The van der Waals surface area contributed by atoms with Gasteiger partial charge in [0.1, 0.15) is 5.69 Å². The summed E-state index contributed by atoms with van der Waals surface area (Å²) in [4.78, 5) is 16.5. The lowest BCUT2D eigenvalue weighted by Crippen LogP contribution is -2.36. The second kappa shape index (κ2) is 6.12. The van der Waals surface area contributed by atoms with Gasteiger partial charge in [-0.2, -0.15) is 0 Å². The average molecular weight is 299 g/mol. The molecule has 0 spiro atoms. The van der Waals surface area contributed by atoms with E-state index in [9.17, 15) is 13.6 Å². The lowest BCUT2D eigenvalue weighted by molar-refractivity contribution is 0.0568. The first kappa shape index (κ1) is 12.5. The van der Waals surface area contributed by atoms with Crippen LogP contribution in [0.5, 0.6) is 0 Å². The summed E-state index contributed by atoms with van der Waals surface area (Å²) >= 11 is 4.38. The molecule has 0 aliphatic rings. The van der Waals surface area contributed by atoms with Crippen molar-refractivity contribution in [3.63, 3.8) is 0 Å². The number of nitrogens with zero attached hydrogens (tertiary/aromatic N) is 2. The zero-order valence-corrected chi connectivity index (χ0v) is 10.1. The third kappa shape index (κ3) is 3.83. The first-order valence-corrected chi connectivity index (χ1v) is 6.23. The maximum Gasteiger partial charge on any atom is 0.273 e. The van der Waals surface area contributed by atoms with Crippen molar-refractivity contribution in [2.75, 3.05) is 18.4 Å². The van der Waals surface area contributed by atoms with Crippen molar-refractivity contribution >= 4 is 33.2 Å². The molecule has 0 N–H and O–H groups in total. The number of carbonyl (C=O) groups is 1. The number of hydrogen-bond acceptors (Lipinski definition) is 3. The van der Waals surface area contributed by atoms with E-state index in [-0.39, 0.29) is 12.2 Å². The Hall–Kier alpha value is -0.560. The largest absolute Gasteiger partial charge is 0.331 e. The number of hydrogen-bond donors (Lipinski definition) is 0. The van der Waals surface area contributed by atoms with Crippen molar-refractivity contribution in [2.24, 2.45) is 0 Å². The molecule has 0 saturated heterocycles. The lowest BCUT2D eigenvalue weighted by Gasteiger charge is -2.19. The van der Waals surface area contributed by atoms with Crippen LogP contribution in [0.25, 0.3) is 0 Å². The zero-order valence-electron chi connectivity index (χ0n) is 7.70. The Bertz CT molecular complexity index is 308. The van der Waals surface area contributed by atoms with Crippen LogP contribution in [0, 0.1) is 0 Å². The van der Waals surface area contributed by atoms with E-state index < -0.39 is 18.9 Å². The van der Waals surface area contributed by atoms with Crippen LogP contribution in [0.15, 0.2) is 10.9 Å². The van der Waals surface area contributed by atoms with E-state index in [1.807, 2.05) is 0 Å². The molecular weight excluding hydrogens is 290 g/mol. The molecule has 0 saturated carbocycles. The first-order chi connectivity index (χ1) is 7.15. The quantitative estimate of drug-likeness (QED) is 0.781. The molecule has 0 aliphatic heterocycles. The van der Waals surface area contributed by atoms with Gasteiger partial charge in [0, 0.05) is 17.3 Å². The second-order valence-corrected chi connectivity index (χ2v) is 4.22. The molecule has 0 aromatic carbocycles. The normalized spacial score (nSPS) is 10.7. The van der Waals surface area contributed by atoms with E-state index in [1.165, 1.54) is 16.8 Å². The summed E-state index contributed by atoms with van der Waals surface area (Å²) < 4.78 is 24.4. The van der Waals surface area contributed by atoms with E-state index in [1.54, 1.807) is 5.38 Å². The minimum Gasteiger partial charge on any atom is -0.331 e. The van der Waals surface area contributed by atoms with Gasteiger partial charge in [-0.1, -0.05) is 15.9 Å². The Kier molecular flexibility index (Phi) is 5.10. The summed E-state index contributed by atoms with van der Waals surface area (Å²) in [6.45, 7) is -0.303. The third-order valence-electron chi connectivity index (χ3n) is 1.65. The first-order valence-electron chi connectivity index (χ1n) is 4.16. The van der Waals surface area contributed by atoms with Gasteiger partial charge in [-0.05, 0) is 0 Å². The summed E-state index contributed by atoms with van der Waals surface area (Å²) in [7, 11) is 0. The molecule has 0 fully saturated rings. The van der Waals surface area contributed by atoms with Crippen molar-refractivity contribution in [3.8, 4) is 0 Å². The van der Waals surface area contributed by atoms with Crippen LogP contribution >= 0.6 is 27.3 Å². The van der Waals surface area contributed by atoms with Gasteiger partial charge in [0.25, 0.3) is 12.3 Å². The van der Waals surface area contributed by atoms with E-state index in [2.05, 4.69) is 20.9 Å². The summed E-state index contributed by atoms with van der Waals surface area (Å²) in [5.41, 5.74) is 1.73. The fraction of sp³-hybridized carbons (Fsp3) is 0.500. The standard InChI is InChI=1S/C8H9BrF2N2OS/c9-1-2-13(3-7(10)11)8(14)6-4-15-5-12-6/h4-5,7H,1-3H2. The molecule has 0 atom stereocenters. The Labute approximate surface area is 98.2 Å². The fourth-order valence-corrected chi connectivity index (χ4v) is 1.98. The van der Waals surface area contributed by atoms with E-state index in [0.717, 1.165) is 4.90 Å². The number of carbonyl (C=O) groups excluding carboxylic acids is 1. The molecule has 84 valence electrons. The highest BCUT2D eigenvalue weighted by Gasteiger charge is 2.20. The van der Waals surface area contributed by atoms with Gasteiger partial charge >= 0.3 is 0 Å². The van der Waals surface area contributed by atoms with Crippen LogP contribution < -0.4 is 0 Å². The van der Waals surface area contributed by atoms with E-state index in [0.29, 0.717) is 5.33 Å². The molecule has 7 heteroatoms. The molecule has 15 heavy (non-hydrogen) atoms. The molecule has 0 aliphatic carbocycles. The predicted octanol–water partition coefficient (Wildman–Crippen LogP) is 2.25. The molecule has 0 radical (unpaired) electrons. The maximum atomic E-state index is 12.2. The van der Waals surface area contributed by atoms with Crippen LogP contribution in [0.1, 0.15) is 10.5 Å². The number of halogens is 3. The summed E-state index contributed by atoms with van der Waals surface area (Å²) in [5.74, 6) is -0.448. The van der Waals surface area contributed by atoms with Crippen LogP contribution in [-0.2, 0) is 0 Å². The fourth-order valence-electron chi connectivity index (χ4n) is 1.02. The van der Waals surface area contributed by atoms with Crippen LogP contribution in [0.3, 0.4) is 0 Å². The Morgan fingerprint density at radius 3 is 2.87 bits per heavy atom. The smallest absolute Gasteiger partial charge is 0.273 e. The van der Waals surface area contributed by atoms with Gasteiger partial charge in [0.15, 0.2) is 0 Å². The zero-order chi connectivity index (χ0) is 11.3. The highest BCUT2D eigenvalue weighted by atomic mass is 79.9. The number of alkyl halides is 3. The van der Waals surface area contributed by atoms with Gasteiger partial charge in [0.2, 0.25) is 0 Å². The summed E-state index contributed by atoms with van der Waals surface area (Å²) in [5, 5.41) is 2.02. The van der Waals surface area contributed by atoms with Crippen LogP contribution in [0.4, 0.5) is 8.78 Å². The van der Waals surface area contributed by atoms with Gasteiger partial charge < -0.3 is 4.90 Å². The SMILES string of the molecule is O=C(c1cscn1)N(CCBr)CC(F)F. The van der Waals surface area contributed by atoms with Crippen molar-refractivity contribution in [1.82, 2.24) is 9.88 Å². The van der Waals surface area contributed by atoms with E-state index >= 15 is 0 Å². The topological polar surface area (TPSA) is 33.2 Å². The van der Waals surface area contributed by atoms with Crippen molar-refractivity contribution < 1.29 is 13.6 Å². The van der Waals surface area contributed by atoms with Gasteiger partial charge in [-0.25, -0.2) is 13.8 Å². The molecule has 1 amide bonds. The second-order valence-electron chi connectivity index (χ2n) is 2.70. The molecule has 1 heterocycles. The Balaban J connectivity index is 2.67. The molecule has 1 aromatic heterocycles. The average Bonchev–Trinajstić information content (AvgIpc) is 2.68.